The number of nitrogens with zero attached hydrogens (tertiary/aromatic N) is 3. The van der Waals surface area contributed by atoms with Crippen molar-refractivity contribution in [2.45, 2.75) is 31.2 Å². The van der Waals surface area contributed by atoms with Gasteiger partial charge in [-0.3, -0.25) is 9.59 Å². The Bertz CT molecular complexity index is 1420. The van der Waals surface area contributed by atoms with Gasteiger partial charge in [0.15, 0.2) is 4.80 Å². The minimum atomic E-state index is -3.80. The van der Waals surface area contributed by atoms with Gasteiger partial charge >= 0.3 is 5.97 Å². The fourth-order valence-corrected chi connectivity index (χ4v) is 6.43. The van der Waals surface area contributed by atoms with Crippen molar-refractivity contribution in [3.63, 3.8) is 0 Å². The van der Waals surface area contributed by atoms with Crippen LogP contribution in [0.1, 0.15) is 19.8 Å². The van der Waals surface area contributed by atoms with Gasteiger partial charge in [0, 0.05) is 19.0 Å². The number of halogens is 2. The van der Waals surface area contributed by atoms with Gasteiger partial charge in [-0.15, -0.1) is 0 Å². The first-order valence-corrected chi connectivity index (χ1v) is 13.2. The molecule has 2 heterocycles. The predicted octanol–water partition coefficient (Wildman–Crippen LogP) is 3.07. The molecule has 1 aliphatic heterocycles. The van der Waals surface area contributed by atoms with E-state index in [1.165, 1.54) is 39.2 Å². The molecule has 12 heteroatoms. The lowest BCUT2D eigenvalue weighted by Gasteiger charge is -2.29. The van der Waals surface area contributed by atoms with Gasteiger partial charge in [0.25, 0.3) is 5.91 Å². The highest BCUT2D eigenvalue weighted by molar-refractivity contribution is 7.89. The standard InChI is InChI=1S/C23H23F2N3O5S2/c1-2-33-21(29)14-28-19-8-5-17(25)13-20(19)34-23(28)26-22(30)15-9-11-27(12-10-15)35(31,32)18-6-3-16(24)4-7-18/h3-8,13,15H,2,9-12,14H2,1H3. The summed E-state index contributed by atoms with van der Waals surface area (Å²) in [7, 11) is -3.80. The number of rotatable bonds is 6. The average Bonchev–Trinajstić information content (AvgIpc) is 3.15. The van der Waals surface area contributed by atoms with Crippen molar-refractivity contribution in [3.8, 4) is 0 Å². The van der Waals surface area contributed by atoms with Crippen LogP contribution in [0.15, 0.2) is 52.4 Å². The van der Waals surface area contributed by atoms with Crippen LogP contribution in [0.3, 0.4) is 0 Å². The second-order valence-corrected chi connectivity index (χ2v) is 10.9. The Morgan fingerprint density at radius 1 is 1.09 bits per heavy atom. The first kappa shape index (κ1) is 25.1. The number of amides is 1. The molecular weight excluding hydrogens is 500 g/mol. The maximum atomic E-state index is 13.7. The Morgan fingerprint density at radius 3 is 2.40 bits per heavy atom. The van der Waals surface area contributed by atoms with E-state index in [9.17, 15) is 26.8 Å². The highest BCUT2D eigenvalue weighted by Crippen LogP contribution is 2.25. The summed E-state index contributed by atoms with van der Waals surface area (Å²) in [4.78, 5) is 29.5. The van der Waals surface area contributed by atoms with Gasteiger partial charge in [-0.05, 0) is 62.2 Å². The van der Waals surface area contributed by atoms with Gasteiger partial charge in [-0.25, -0.2) is 17.2 Å². The largest absolute Gasteiger partial charge is 0.465 e. The molecule has 4 rings (SSSR count). The summed E-state index contributed by atoms with van der Waals surface area (Å²) in [5.41, 5.74) is 0.552. The van der Waals surface area contributed by atoms with E-state index < -0.39 is 39.5 Å². The summed E-state index contributed by atoms with van der Waals surface area (Å²) in [5.74, 6) is -2.43. The van der Waals surface area contributed by atoms with Crippen LogP contribution in [0, 0.1) is 17.6 Å². The maximum absolute atomic E-state index is 13.7. The fourth-order valence-electron chi connectivity index (χ4n) is 3.91. The van der Waals surface area contributed by atoms with Crippen molar-refractivity contribution in [1.29, 1.82) is 0 Å². The smallest absolute Gasteiger partial charge is 0.326 e. The lowest BCUT2D eigenvalue weighted by atomic mass is 9.98. The lowest BCUT2D eigenvalue weighted by molar-refractivity contribution is -0.143. The van der Waals surface area contributed by atoms with Gasteiger partial charge in [0.1, 0.15) is 18.2 Å². The van der Waals surface area contributed by atoms with Crippen molar-refractivity contribution in [2.75, 3.05) is 19.7 Å². The highest BCUT2D eigenvalue weighted by Gasteiger charge is 2.32. The molecule has 1 amide bonds. The third-order valence-electron chi connectivity index (χ3n) is 5.70. The van der Waals surface area contributed by atoms with Gasteiger partial charge in [-0.1, -0.05) is 11.3 Å². The molecule has 0 aliphatic carbocycles. The van der Waals surface area contributed by atoms with Crippen LogP contribution < -0.4 is 4.80 Å². The fraction of sp³-hybridized carbons (Fsp3) is 0.348. The number of hydrogen-bond donors (Lipinski definition) is 0. The lowest BCUT2D eigenvalue weighted by Crippen LogP contribution is -2.40. The number of fused-ring (bicyclic) bond motifs is 1. The minimum Gasteiger partial charge on any atom is -0.465 e. The summed E-state index contributed by atoms with van der Waals surface area (Å²) in [6, 6.07) is 8.69. The maximum Gasteiger partial charge on any atom is 0.326 e. The number of piperidine rings is 1. The molecule has 8 nitrogen and oxygen atoms in total. The van der Waals surface area contributed by atoms with E-state index in [2.05, 4.69) is 4.99 Å². The van der Waals surface area contributed by atoms with Gasteiger partial charge in [0.05, 0.1) is 21.7 Å². The topological polar surface area (TPSA) is 98.0 Å². The summed E-state index contributed by atoms with van der Waals surface area (Å²) < 4.78 is 60.8. The summed E-state index contributed by atoms with van der Waals surface area (Å²) in [6.07, 6.45) is 0.528. The molecule has 0 N–H and O–H groups in total. The van der Waals surface area contributed by atoms with Crippen LogP contribution >= 0.6 is 11.3 Å². The van der Waals surface area contributed by atoms with E-state index >= 15 is 0 Å². The molecule has 3 aromatic rings. The van der Waals surface area contributed by atoms with Crippen molar-refractivity contribution in [1.82, 2.24) is 8.87 Å². The van der Waals surface area contributed by atoms with E-state index in [-0.39, 0.29) is 48.8 Å². The molecule has 0 saturated carbocycles. The zero-order chi connectivity index (χ0) is 25.2. The van der Waals surface area contributed by atoms with Crippen molar-refractivity contribution in [3.05, 3.63) is 58.9 Å². The Hall–Kier alpha value is -2.96. The predicted molar refractivity (Wildman–Crippen MR) is 125 cm³/mol. The number of aromatic nitrogens is 1. The zero-order valence-electron chi connectivity index (χ0n) is 18.8. The Labute approximate surface area is 204 Å². The number of benzene rings is 2. The molecule has 0 radical (unpaired) electrons. The molecule has 1 aliphatic rings. The van der Waals surface area contributed by atoms with Crippen molar-refractivity contribution < 1.29 is 31.5 Å². The van der Waals surface area contributed by atoms with Gasteiger partial charge in [0.2, 0.25) is 10.0 Å². The third-order valence-corrected chi connectivity index (χ3v) is 8.65. The SMILES string of the molecule is CCOC(=O)Cn1c(=NC(=O)C2CCN(S(=O)(=O)c3ccc(F)cc3)CC2)sc2cc(F)ccc21. The van der Waals surface area contributed by atoms with Crippen LogP contribution in [-0.4, -0.2) is 48.9 Å². The molecule has 0 bridgehead atoms. The van der Waals surface area contributed by atoms with Crippen LogP contribution in [0.25, 0.3) is 10.2 Å². The van der Waals surface area contributed by atoms with Gasteiger partial charge < -0.3 is 9.30 Å². The second-order valence-electron chi connectivity index (χ2n) is 7.97. The molecule has 1 aromatic heterocycles. The van der Waals surface area contributed by atoms with Crippen LogP contribution in [0.5, 0.6) is 0 Å². The molecule has 0 unspecified atom stereocenters. The molecular formula is C23H23F2N3O5S2. The molecule has 2 aromatic carbocycles. The average molecular weight is 524 g/mol. The Kier molecular flexibility index (Phi) is 7.43. The number of carbonyl (C=O) groups excluding carboxylic acids is 2. The van der Waals surface area contributed by atoms with E-state index in [1.54, 1.807) is 6.92 Å². The van der Waals surface area contributed by atoms with E-state index in [4.69, 9.17) is 4.74 Å². The molecule has 0 spiro atoms. The van der Waals surface area contributed by atoms with Crippen LogP contribution in [-0.2, 0) is 30.9 Å². The Balaban J connectivity index is 1.54. The number of carbonyl (C=O) groups is 2. The number of esters is 1. The Morgan fingerprint density at radius 2 is 1.74 bits per heavy atom. The van der Waals surface area contributed by atoms with Crippen LogP contribution in [0.4, 0.5) is 8.78 Å². The van der Waals surface area contributed by atoms with E-state index in [0.717, 1.165) is 23.5 Å². The monoisotopic (exact) mass is 523 g/mol. The highest BCUT2D eigenvalue weighted by atomic mass is 32.2. The second kappa shape index (κ2) is 10.3. The minimum absolute atomic E-state index is 0.00845. The quantitative estimate of drug-likeness (QED) is 0.463. The number of ether oxygens (including phenoxy) is 1. The molecule has 186 valence electrons. The summed E-state index contributed by atoms with van der Waals surface area (Å²) in [5, 5.41) is 0. The first-order chi connectivity index (χ1) is 16.7. The zero-order valence-corrected chi connectivity index (χ0v) is 20.4. The number of sulfonamides is 1. The van der Waals surface area contributed by atoms with E-state index in [1.807, 2.05) is 0 Å². The van der Waals surface area contributed by atoms with Crippen molar-refractivity contribution in [2.24, 2.45) is 10.9 Å². The van der Waals surface area contributed by atoms with Crippen LogP contribution in [0.2, 0.25) is 0 Å². The number of thiazole rings is 1. The molecule has 1 saturated heterocycles. The molecule has 1 fully saturated rings. The third kappa shape index (κ3) is 5.49. The van der Waals surface area contributed by atoms with Gasteiger partial charge in [-0.2, -0.15) is 9.30 Å². The summed E-state index contributed by atoms with van der Waals surface area (Å²) in [6.45, 7) is 1.93. The molecule has 0 atom stereocenters. The molecule has 35 heavy (non-hydrogen) atoms. The van der Waals surface area contributed by atoms with Crippen molar-refractivity contribution >= 4 is 43.5 Å². The first-order valence-electron chi connectivity index (χ1n) is 11.0. The normalized spacial score (nSPS) is 16.0. The number of hydrogen-bond acceptors (Lipinski definition) is 6. The summed E-state index contributed by atoms with van der Waals surface area (Å²) >= 11 is 1.08. The van der Waals surface area contributed by atoms with E-state index in [0.29, 0.717) is 10.2 Å².